The van der Waals surface area contributed by atoms with E-state index in [1.54, 1.807) is 13.0 Å². The van der Waals surface area contributed by atoms with E-state index < -0.39 is 0 Å². The van der Waals surface area contributed by atoms with E-state index in [0.717, 1.165) is 16.5 Å². The number of anilines is 1. The highest BCUT2D eigenvalue weighted by molar-refractivity contribution is 5.91. The fraction of sp³-hybridized carbons (Fsp3) is 0.167. The molecule has 1 N–H and O–H groups in total. The number of aromatic nitrogens is 1. The third-order valence-corrected chi connectivity index (χ3v) is 3.72. The van der Waals surface area contributed by atoms with Gasteiger partial charge in [0, 0.05) is 30.4 Å². The van der Waals surface area contributed by atoms with E-state index in [1.165, 1.54) is 12.1 Å². The average Bonchev–Trinajstić information content (AvgIpc) is 2.91. The number of hydrogen-bond donors (Lipinski definition) is 1. The number of para-hydroxylation sites is 1. The summed E-state index contributed by atoms with van der Waals surface area (Å²) in [7, 11) is 0. The lowest BCUT2D eigenvalue weighted by atomic mass is 10.2. The van der Waals surface area contributed by atoms with Crippen molar-refractivity contribution in [2.45, 2.75) is 19.9 Å². The molecule has 112 valence electrons. The molecule has 3 aromatic rings. The number of benzene rings is 2. The summed E-state index contributed by atoms with van der Waals surface area (Å²) in [6.07, 6.45) is 2.36. The highest BCUT2D eigenvalue weighted by atomic mass is 19.1. The number of fused-ring (bicyclic) bond motifs is 1. The summed E-state index contributed by atoms with van der Waals surface area (Å²) in [6.45, 7) is 2.39. The van der Waals surface area contributed by atoms with Crippen molar-refractivity contribution in [3.63, 3.8) is 0 Å². The molecular weight excluding hydrogens is 279 g/mol. The van der Waals surface area contributed by atoms with E-state index in [1.807, 2.05) is 36.5 Å². The largest absolute Gasteiger partial charge is 0.347 e. The Bertz CT molecular complexity index is 823. The molecule has 1 amide bonds. The quantitative estimate of drug-likeness (QED) is 0.772. The molecule has 0 saturated heterocycles. The first-order valence-electron chi connectivity index (χ1n) is 7.23. The SMILES string of the molecule is Cc1cc(F)ccc1NC(=O)CCn1ccc2ccccc21. The Morgan fingerprint density at radius 3 is 2.82 bits per heavy atom. The van der Waals surface area contributed by atoms with Crippen LogP contribution < -0.4 is 5.32 Å². The van der Waals surface area contributed by atoms with Crippen LogP contribution in [-0.4, -0.2) is 10.5 Å². The molecule has 0 unspecified atom stereocenters. The Morgan fingerprint density at radius 1 is 1.18 bits per heavy atom. The van der Waals surface area contributed by atoms with Gasteiger partial charge < -0.3 is 9.88 Å². The van der Waals surface area contributed by atoms with E-state index in [0.29, 0.717) is 18.7 Å². The number of carbonyl (C=O) groups excluding carboxylic acids is 1. The van der Waals surface area contributed by atoms with Gasteiger partial charge in [0.1, 0.15) is 5.82 Å². The highest BCUT2D eigenvalue weighted by Crippen LogP contribution is 2.17. The van der Waals surface area contributed by atoms with Crippen molar-refractivity contribution in [1.82, 2.24) is 4.57 Å². The maximum Gasteiger partial charge on any atom is 0.226 e. The van der Waals surface area contributed by atoms with Crippen LogP contribution in [-0.2, 0) is 11.3 Å². The monoisotopic (exact) mass is 296 g/mol. The smallest absolute Gasteiger partial charge is 0.226 e. The minimum Gasteiger partial charge on any atom is -0.347 e. The first-order chi connectivity index (χ1) is 10.6. The van der Waals surface area contributed by atoms with Crippen LogP contribution in [0.4, 0.5) is 10.1 Å². The van der Waals surface area contributed by atoms with Crippen molar-refractivity contribution in [3.8, 4) is 0 Å². The maximum atomic E-state index is 13.1. The fourth-order valence-electron chi connectivity index (χ4n) is 2.54. The number of halogens is 1. The molecule has 3 rings (SSSR count). The summed E-state index contributed by atoms with van der Waals surface area (Å²) < 4.78 is 15.1. The van der Waals surface area contributed by atoms with Crippen LogP contribution in [0.25, 0.3) is 10.9 Å². The van der Waals surface area contributed by atoms with Gasteiger partial charge >= 0.3 is 0 Å². The maximum absolute atomic E-state index is 13.1. The van der Waals surface area contributed by atoms with Gasteiger partial charge in [0.05, 0.1) is 0 Å². The predicted molar refractivity (Wildman–Crippen MR) is 86.3 cm³/mol. The molecular formula is C18H17FN2O. The van der Waals surface area contributed by atoms with Crippen molar-refractivity contribution in [3.05, 3.63) is 66.1 Å². The molecule has 4 heteroatoms. The van der Waals surface area contributed by atoms with E-state index in [9.17, 15) is 9.18 Å². The first kappa shape index (κ1) is 14.3. The van der Waals surface area contributed by atoms with Crippen molar-refractivity contribution in [2.75, 3.05) is 5.32 Å². The summed E-state index contributed by atoms with van der Waals surface area (Å²) in [5.41, 5.74) is 2.50. The van der Waals surface area contributed by atoms with Crippen LogP contribution in [0.1, 0.15) is 12.0 Å². The number of carbonyl (C=O) groups is 1. The molecule has 3 nitrogen and oxygen atoms in total. The summed E-state index contributed by atoms with van der Waals surface area (Å²) in [5.74, 6) is -0.373. The van der Waals surface area contributed by atoms with Crippen LogP contribution in [0.15, 0.2) is 54.7 Å². The second-order valence-corrected chi connectivity index (χ2v) is 5.33. The van der Waals surface area contributed by atoms with Gasteiger partial charge in [-0.3, -0.25) is 4.79 Å². The molecule has 0 aliphatic carbocycles. The highest BCUT2D eigenvalue weighted by Gasteiger charge is 2.07. The number of aryl methyl sites for hydroxylation is 2. The third-order valence-electron chi connectivity index (χ3n) is 3.72. The van der Waals surface area contributed by atoms with E-state index in [-0.39, 0.29) is 11.7 Å². The van der Waals surface area contributed by atoms with Crippen LogP contribution in [0.3, 0.4) is 0 Å². The van der Waals surface area contributed by atoms with Crippen molar-refractivity contribution in [2.24, 2.45) is 0 Å². The zero-order valence-electron chi connectivity index (χ0n) is 12.3. The molecule has 0 aliphatic rings. The lowest BCUT2D eigenvalue weighted by Crippen LogP contribution is -2.15. The van der Waals surface area contributed by atoms with Gasteiger partial charge in [0.15, 0.2) is 0 Å². The van der Waals surface area contributed by atoms with E-state index in [2.05, 4.69) is 9.88 Å². The van der Waals surface area contributed by atoms with Gasteiger partial charge in [-0.1, -0.05) is 18.2 Å². The van der Waals surface area contributed by atoms with Crippen LogP contribution >= 0.6 is 0 Å². The Kier molecular flexibility index (Phi) is 3.92. The van der Waals surface area contributed by atoms with Crippen molar-refractivity contribution in [1.29, 1.82) is 0 Å². The van der Waals surface area contributed by atoms with Crippen LogP contribution in [0, 0.1) is 12.7 Å². The van der Waals surface area contributed by atoms with Gasteiger partial charge in [-0.2, -0.15) is 0 Å². The number of rotatable bonds is 4. The zero-order valence-corrected chi connectivity index (χ0v) is 12.3. The van der Waals surface area contributed by atoms with Gasteiger partial charge in [-0.05, 0) is 48.2 Å². The fourth-order valence-corrected chi connectivity index (χ4v) is 2.54. The topological polar surface area (TPSA) is 34.0 Å². The van der Waals surface area contributed by atoms with Crippen molar-refractivity contribution < 1.29 is 9.18 Å². The Labute approximate surface area is 128 Å². The molecule has 1 aromatic heterocycles. The molecule has 0 atom stereocenters. The minimum atomic E-state index is -0.297. The summed E-state index contributed by atoms with van der Waals surface area (Å²) in [6, 6.07) is 14.5. The molecule has 0 fully saturated rings. The molecule has 2 aromatic carbocycles. The van der Waals surface area contributed by atoms with Gasteiger partial charge in [-0.25, -0.2) is 4.39 Å². The lowest BCUT2D eigenvalue weighted by Gasteiger charge is -2.09. The van der Waals surface area contributed by atoms with Gasteiger partial charge in [0.25, 0.3) is 0 Å². The van der Waals surface area contributed by atoms with Gasteiger partial charge in [0.2, 0.25) is 5.91 Å². The normalized spacial score (nSPS) is 10.8. The second kappa shape index (κ2) is 6.02. The summed E-state index contributed by atoms with van der Waals surface area (Å²) >= 11 is 0. The van der Waals surface area contributed by atoms with Crippen LogP contribution in [0.2, 0.25) is 0 Å². The summed E-state index contributed by atoms with van der Waals surface area (Å²) in [4.78, 5) is 12.1. The summed E-state index contributed by atoms with van der Waals surface area (Å²) in [5, 5.41) is 3.99. The minimum absolute atomic E-state index is 0.0764. The molecule has 1 heterocycles. The Balaban J connectivity index is 1.65. The molecule has 0 saturated carbocycles. The number of nitrogens with zero attached hydrogens (tertiary/aromatic N) is 1. The number of nitrogens with one attached hydrogen (secondary N) is 1. The average molecular weight is 296 g/mol. The molecule has 22 heavy (non-hydrogen) atoms. The lowest BCUT2D eigenvalue weighted by molar-refractivity contribution is -0.116. The molecule has 0 radical (unpaired) electrons. The Morgan fingerprint density at radius 2 is 2.00 bits per heavy atom. The second-order valence-electron chi connectivity index (χ2n) is 5.33. The predicted octanol–water partition coefficient (Wildman–Crippen LogP) is 4.12. The molecule has 0 bridgehead atoms. The van der Waals surface area contributed by atoms with Crippen molar-refractivity contribution >= 4 is 22.5 Å². The Hall–Kier alpha value is -2.62. The molecule has 0 spiro atoms. The van der Waals surface area contributed by atoms with E-state index in [4.69, 9.17) is 0 Å². The first-order valence-corrected chi connectivity index (χ1v) is 7.23. The number of hydrogen-bond acceptors (Lipinski definition) is 1. The molecule has 0 aliphatic heterocycles. The van der Waals surface area contributed by atoms with Crippen LogP contribution in [0.5, 0.6) is 0 Å². The van der Waals surface area contributed by atoms with Gasteiger partial charge in [-0.15, -0.1) is 0 Å². The van der Waals surface area contributed by atoms with E-state index >= 15 is 0 Å². The zero-order chi connectivity index (χ0) is 15.5. The third kappa shape index (κ3) is 3.01. The standard InChI is InChI=1S/C18H17FN2O/c1-13-12-15(19)6-7-16(13)20-18(22)9-11-21-10-8-14-4-2-3-5-17(14)21/h2-8,10,12H,9,11H2,1H3,(H,20,22). The number of amides is 1.